The highest BCUT2D eigenvalue weighted by Gasteiger charge is 2.30. The SMILES string of the molecule is C[C@@H](C(=O)NC[C@H]1COc2ccccc2O1)N(c1cccc(F)c1)S(C)(=O)=O. The molecule has 0 saturated carbocycles. The molecule has 2 aromatic rings. The summed E-state index contributed by atoms with van der Waals surface area (Å²) in [4.78, 5) is 12.6. The monoisotopic (exact) mass is 408 g/mol. The number of benzene rings is 2. The fourth-order valence-corrected chi connectivity index (χ4v) is 4.11. The number of nitrogens with one attached hydrogen (secondary N) is 1. The van der Waals surface area contributed by atoms with Gasteiger partial charge in [0.2, 0.25) is 15.9 Å². The van der Waals surface area contributed by atoms with Gasteiger partial charge in [0.1, 0.15) is 24.6 Å². The van der Waals surface area contributed by atoms with E-state index < -0.39 is 33.9 Å². The number of ether oxygens (including phenoxy) is 2. The lowest BCUT2D eigenvalue weighted by atomic mass is 10.2. The number of carbonyl (C=O) groups excluding carboxylic acids is 1. The molecule has 0 saturated heterocycles. The molecule has 2 atom stereocenters. The number of anilines is 1. The van der Waals surface area contributed by atoms with E-state index in [1.165, 1.54) is 25.1 Å². The summed E-state index contributed by atoms with van der Waals surface area (Å²) in [6, 6.07) is 11.2. The van der Waals surface area contributed by atoms with Crippen LogP contribution in [0.3, 0.4) is 0 Å². The molecule has 0 bridgehead atoms. The Morgan fingerprint density at radius 2 is 1.96 bits per heavy atom. The summed E-state index contributed by atoms with van der Waals surface area (Å²) in [5.41, 5.74) is 0.0799. The van der Waals surface area contributed by atoms with Gasteiger partial charge in [-0.25, -0.2) is 12.8 Å². The van der Waals surface area contributed by atoms with Gasteiger partial charge in [0, 0.05) is 0 Å². The van der Waals surface area contributed by atoms with E-state index in [1.54, 1.807) is 12.1 Å². The molecule has 9 heteroatoms. The van der Waals surface area contributed by atoms with Crippen LogP contribution < -0.4 is 19.1 Å². The topological polar surface area (TPSA) is 84.9 Å². The zero-order valence-electron chi connectivity index (χ0n) is 15.5. The number of rotatable bonds is 6. The summed E-state index contributed by atoms with van der Waals surface area (Å²) in [6.45, 7) is 1.83. The zero-order chi connectivity index (χ0) is 20.3. The van der Waals surface area contributed by atoms with E-state index in [0.717, 1.165) is 16.6 Å². The van der Waals surface area contributed by atoms with Crippen molar-refractivity contribution < 1.29 is 27.1 Å². The number of nitrogens with zero attached hydrogens (tertiary/aromatic N) is 1. The molecule has 1 N–H and O–H groups in total. The van der Waals surface area contributed by atoms with E-state index in [-0.39, 0.29) is 18.8 Å². The van der Waals surface area contributed by atoms with E-state index >= 15 is 0 Å². The standard InChI is InChI=1S/C19H21FN2O5S/c1-13(22(28(2,24)25)15-7-5-6-14(20)10-15)19(23)21-11-16-12-26-17-8-3-4-9-18(17)27-16/h3-10,13,16H,11-12H2,1-2H3,(H,21,23)/t13-,16-/m0/s1. The second kappa shape index (κ2) is 8.05. The van der Waals surface area contributed by atoms with Crippen molar-refractivity contribution >= 4 is 21.6 Å². The van der Waals surface area contributed by atoms with Gasteiger partial charge in [-0.2, -0.15) is 0 Å². The van der Waals surface area contributed by atoms with Gasteiger partial charge in [0.05, 0.1) is 18.5 Å². The number of para-hydroxylation sites is 2. The second-order valence-corrected chi connectivity index (χ2v) is 8.32. The molecular weight excluding hydrogens is 387 g/mol. The highest BCUT2D eigenvalue weighted by atomic mass is 32.2. The van der Waals surface area contributed by atoms with Crippen LogP contribution in [0.4, 0.5) is 10.1 Å². The van der Waals surface area contributed by atoms with Gasteiger partial charge in [-0.3, -0.25) is 9.10 Å². The molecule has 2 aromatic carbocycles. The van der Waals surface area contributed by atoms with Crippen LogP contribution in [-0.2, 0) is 14.8 Å². The highest BCUT2D eigenvalue weighted by molar-refractivity contribution is 7.92. The summed E-state index contributed by atoms with van der Waals surface area (Å²) < 4.78 is 50.2. The molecule has 0 unspecified atom stereocenters. The van der Waals surface area contributed by atoms with Crippen LogP contribution in [0.15, 0.2) is 48.5 Å². The molecule has 0 spiro atoms. The zero-order valence-corrected chi connectivity index (χ0v) is 16.3. The first-order valence-corrected chi connectivity index (χ1v) is 10.5. The molecule has 1 heterocycles. The van der Waals surface area contributed by atoms with Gasteiger partial charge in [-0.15, -0.1) is 0 Å². The number of amides is 1. The molecule has 0 radical (unpaired) electrons. The van der Waals surface area contributed by atoms with Crippen molar-refractivity contribution in [2.45, 2.75) is 19.1 Å². The molecule has 28 heavy (non-hydrogen) atoms. The molecule has 150 valence electrons. The Labute approximate surface area is 163 Å². The molecule has 0 aromatic heterocycles. The Morgan fingerprint density at radius 1 is 1.25 bits per heavy atom. The third kappa shape index (κ3) is 4.53. The van der Waals surface area contributed by atoms with Crippen LogP contribution in [-0.4, -0.2) is 45.9 Å². The molecule has 3 rings (SSSR count). The van der Waals surface area contributed by atoms with Gasteiger partial charge < -0.3 is 14.8 Å². The minimum Gasteiger partial charge on any atom is -0.486 e. The van der Waals surface area contributed by atoms with E-state index in [0.29, 0.717) is 11.5 Å². The Morgan fingerprint density at radius 3 is 2.64 bits per heavy atom. The fraction of sp³-hybridized carbons (Fsp3) is 0.316. The van der Waals surface area contributed by atoms with Gasteiger partial charge in [-0.05, 0) is 37.3 Å². The van der Waals surface area contributed by atoms with Gasteiger partial charge in [0.15, 0.2) is 11.5 Å². The average Bonchev–Trinajstić information content (AvgIpc) is 2.65. The molecule has 1 amide bonds. The lowest BCUT2D eigenvalue weighted by Gasteiger charge is -2.30. The Balaban J connectivity index is 1.67. The van der Waals surface area contributed by atoms with Crippen molar-refractivity contribution in [3.63, 3.8) is 0 Å². The van der Waals surface area contributed by atoms with E-state index in [1.807, 2.05) is 12.1 Å². The van der Waals surface area contributed by atoms with Crippen LogP contribution in [0.1, 0.15) is 6.92 Å². The Hall–Kier alpha value is -2.81. The van der Waals surface area contributed by atoms with Crippen molar-refractivity contribution in [2.24, 2.45) is 0 Å². The maximum atomic E-state index is 13.5. The van der Waals surface area contributed by atoms with Gasteiger partial charge >= 0.3 is 0 Å². The predicted octanol–water partition coefficient (Wildman–Crippen LogP) is 1.94. The van der Waals surface area contributed by atoms with Crippen molar-refractivity contribution in [3.8, 4) is 11.5 Å². The van der Waals surface area contributed by atoms with E-state index in [2.05, 4.69) is 5.32 Å². The molecule has 0 aliphatic carbocycles. The molecule has 0 fully saturated rings. The van der Waals surface area contributed by atoms with Crippen molar-refractivity contribution in [1.82, 2.24) is 5.32 Å². The van der Waals surface area contributed by atoms with Crippen LogP contribution in [0.25, 0.3) is 0 Å². The Bertz CT molecular complexity index is 966. The second-order valence-electron chi connectivity index (χ2n) is 6.46. The average molecular weight is 408 g/mol. The lowest BCUT2D eigenvalue weighted by molar-refractivity contribution is -0.122. The first-order chi connectivity index (χ1) is 13.3. The highest BCUT2D eigenvalue weighted by Crippen LogP contribution is 2.30. The van der Waals surface area contributed by atoms with Gasteiger partial charge in [0.25, 0.3) is 0 Å². The molecule has 1 aliphatic heterocycles. The minimum atomic E-state index is -3.81. The normalized spacial score (nSPS) is 16.9. The van der Waals surface area contributed by atoms with Crippen molar-refractivity contribution in [1.29, 1.82) is 0 Å². The van der Waals surface area contributed by atoms with Crippen molar-refractivity contribution in [3.05, 3.63) is 54.3 Å². The number of sulfonamides is 1. The summed E-state index contributed by atoms with van der Waals surface area (Å²) in [5, 5.41) is 2.68. The largest absolute Gasteiger partial charge is 0.486 e. The summed E-state index contributed by atoms with van der Waals surface area (Å²) in [7, 11) is -3.81. The third-order valence-corrected chi connectivity index (χ3v) is 5.46. The van der Waals surface area contributed by atoms with Crippen LogP contribution in [0.2, 0.25) is 0 Å². The summed E-state index contributed by atoms with van der Waals surface area (Å²) >= 11 is 0. The van der Waals surface area contributed by atoms with Crippen LogP contribution in [0, 0.1) is 5.82 Å². The summed E-state index contributed by atoms with van der Waals surface area (Å²) in [6.07, 6.45) is 0.559. The van der Waals surface area contributed by atoms with E-state index in [9.17, 15) is 17.6 Å². The first kappa shape index (κ1) is 19.9. The number of hydrogen-bond donors (Lipinski definition) is 1. The number of carbonyl (C=O) groups is 1. The smallest absolute Gasteiger partial charge is 0.243 e. The maximum absolute atomic E-state index is 13.5. The summed E-state index contributed by atoms with van der Waals surface area (Å²) in [5.74, 6) is 0.0914. The third-order valence-electron chi connectivity index (χ3n) is 4.22. The fourth-order valence-electron chi connectivity index (χ4n) is 2.95. The maximum Gasteiger partial charge on any atom is 0.243 e. The van der Waals surface area contributed by atoms with E-state index in [4.69, 9.17) is 9.47 Å². The quantitative estimate of drug-likeness (QED) is 0.790. The Kier molecular flexibility index (Phi) is 5.73. The number of halogens is 1. The van der Waals surface area contributed by atoms with Gasteiger partial charge in [-0.1, -0.05) is 18.2 Å². The molecule has 1 aliphatic rings. The molecule has 7 nitrogen and oxygen atoms in total. The number of hydrogen-bond acceptors (Lipinski definition) is 5. The lowest BCUT2D eigenvalue weighted by Crippen LogP contribution is -2.50. The predicted molar refractivity (Wildman–Crippen MR) is 103 cm³/mol. The van der Waals surface area contributed by atoms with Crippen LogP contribution in [0.5, 0.6) is 11.5 Å². The molecular formula is C19H21FN2O5S. The van der Waals surface area contributed by atoms with Crippen molar-refractivity contribution in [2.75, 3.05) is 23.7 Å². The minimum absolute atomic E-state index is 0.0799. The number of fused-ring (bicyclic) bond motifs is 1. The van der Waals surface area contributed by atoms with Crippen LogP contribution >= 0.6 is 0 Å². The first-order valence-electron chi connectivity index (χ1n) is 8.67.